The molecule has 4 heteroatoms. The predicted molar refractivity (Wildman–Crippen MR) is 85.4 cm³/mol. The fourth-order valence-corrected chi connectivity index (χ4v) is 3.09. The van der Waals surface area contributed by atoms with Crippen LogP contribution in [0.15, 0.2) is 6.33 Å². The van der Waals surface area contributed by atoms with Gasteiger partial charge in [0.05, 0.1) is 0 Å². The van der Waals surface area contributed by atoms with Crippen molar-refractivity contribution < 1.29 is 0 Å². The Kier molecular flexibility index (Phi) is 4.51. The molecule has 4 nitrogen and oxygen atoms in total. The highest BCUT2D eigenvalue weighted by atomic mass is 15.2. The van der Waals surface area contributed by atoms with Crippen LogP contribution in [0.1, 0.15) is 52.0 Å². The van der Waals surface area contributed by atoms with Gasteiger partial charge in [0.2, 0.25) is 0 Å². The number of nitrogens with one attached hydrogen (secondary N) is 1. The number of rotatable bonds is 4. The summed E-state index contributed by atoms with van der Waals surface area (Å²) in [6.45, 7) is 9.84. The van der Waals surface area contributed by atoms with Crippen LogP contribution in [0, 0.1) is 12.3 Å². The van der Waals surface area contributed by atoms with E-state index in [1.54, 1.807) is 6.33 Å². The molecule has 2 rings (SSSR count). The Bertz CT molecular complexity index is 446. The summed E-state index contributed by atoms with van der Waals surface area (Å²) in [7, 11) is 2.17. The predicted octanol–water partition coefficient (Wildman–Crippen LogP) is 3.62. The molecule has 0 atom stereocenters. The number of anilines is 2. The van der Waals surface area contributed by atoms with E-state index in [0.717, 1.165) is 23.7 Å². The Balaban J connectivity index is 2.13. The number of hydrogen-bond donors (Lipinski definition) is 1. The molecule has 1 N–H and O–H groups in total. The van der Waals surface area contributed by atoms with Crippen molar-refractivity contribution in [1.29, 1.82) is 0 Å². The second-order valence-electron chi connectivity index (χ2n) is 6.71. The first-order chi connectivity index (χ1) is 9.44. The molecule has 1 aliphatic carbocycles. The highest BCUT2D eigenvalue weighted by molar-refractivity contribution is 5.58. The zero-order valence-electron chi connectivity index (χ0n) is 13.5. The monoisotopic (exact) mass is 276 g/mol. The summed E-state index contributed by atoms with van der Waals surface area (Å²) in [5.41, 5.74) is 1.66. The molecule has 0 saturated heterocycles. The molecule has 1 aromatic rings. The molecular formula is C16H28N4. The Hall–Kier alpha value is -1.32. The summed E-state index contributed by atoms with van der Waals surface area (Å²) in [6.07, 6.45) is 6.77. The van der Waals surface area contributed by atoms with Gasteiger partial charge >= 0.3 is 0 Å². The first-order valence-electron chi connectivity index (χ1n) is 7.73. The summed E-state index contributed by atoms with van der Waals surface area (Å²) in [5, 5.41) is 3.31. The van der Waals surface area contributed by atoms with E-state index in [-0.39, 0.29) is 0 Å². The summed E-state index contributed by atoms with van der Waals surface area (Å²) >= 11 is 0. The third-order valence-electron chi connectivity index (χ3n) is 4.59. The van der Waals surface area contributed by atoms with Gasteiger partial charge in [0.25, 0.3) is 0 Å². The van der Waals surface area contributed by atoms with Crippen molar-refractivity contribution in [1.82, 2.24) is 9.97 Å². The quantitative estimate of drug-likeness (QED) is 0.912. The van der Waals surface area contributed by atoms with Gasteiger partial charge in [0.15, 0.2) is 0 Å². The SMILES string of the molecule is CCNc1ncnc(N(C)C2CCC(C)(C)CC2)c1C. The van der Waals surface area contributed by atoms with Gasteiger partial charge in [-0.05, 0) is 44.9 Å². The molecule has 1 aliphatic rings. The summed E-state index contributed by atoms with van der Waals surface area (Å²) in [6, 6.07) is 0.603. The maximum atomic E-state index is 4.51. The lowest BCUT2D eigenvalue weighted by atomic mass is 9.75. The first-order valence-corrected chi connectivity index (χ1v) is 7.73. The van der Waals surface area contributed by atoms with E-state index in [2.05, 4.69) is 54.9 Å². The van der Waals surface area contributed by atoms with Crippen LogP contribution in [0.25, 0.3) is 0 Å². The molecule has 112 valence electrons. The molecule has 0 amide bonds. The standard InChI is InChI=1S/C16H28N4/c1-6-17-14-12(2)15(19-11-18-14)20(5)13-7-9-16(3,4)10-8-13/h11,13H,6-10H2,1-5H3,(H,17,18,19). The molecule has 1 heterocycles. The van der Waals surface area contributed by atoms with Crippen LogP contribution in [0.4, 0.5) is 11.6 Å². The van der Waals surface area contributed by atoms with Crippen LogP contribution in [-0.2, 0) is 0 Å². The zero-order valence-corrected chi connectivity index (χ0v) is 13.5. The third-order valence-corrected chi connectivity index (χ3v) is 4.59. The molecular weight excluding hydrogens is 248 g/mol. The fraction of sp³-hybridized carbons (Fsp3) is 0.750. The average molecular weight is 276 g/mol. The summed E-state index contributed by atoms with van der Waals surface area (Å²) in [4.78, 5) is 11.2. The molecule has 0 radical (unpaired) electrons. The van der Waals surface area contributed by atoms with E-state index >= 15 is 0 Å². The molecule has 0 aliphatic heterocycles. The lowest BCUT2D eigenvalue weighted by molar-refractivity contribution is 0.222. The van der Waals surface area contributed by atoms with Gasteiger partial charge < -0.3 is 10.2 Å². The first kappa shape index (κ1) is 15.1. The lowest BCUT2D eigenvalue weighted by Gasteiger charge is -2.39. The van der Waals surface area contributed by atoms with Crippen molar-refractivity contribution in [3.63, 3.8) is 0 Å². The lowest BCUT2D eigenvalue weighted by Crippen LogP contribution is -2.38. The third kappa shape index (κ3) is 3.22. The van der Waals surface area contributed by atoms with E-state index < -0.39 is 0 Å². The van der Waals surface area contributed by atoms with Crippen LogP contribution in [0.2, 0.25) is 0 Å². The minimum atomic E-state index is 0.507. The number of aromatic nitrogens is 2. The number of nitrogens with zero attached hydrogens (tertiary/aromatic N) is 3. The zero-order chi connectivity index (χ0) is 14.8. The van der Waals surface area contributed by atoms with Gasteiger partial charge in [-0.3, -0.25) is 0 Å². The molecule has 1 aromatic heterocycles. The highest BCUT2D eigenvalue weighted by Gasteiger charge is 2.29. The van der Waals surface area contributed by atoms with Crippen molar-refractivity contribution in [3.05, 3.63) is 11.9 Å². The van der Waals surface area contributed by atoms with E-state index in [4.69, 9.17) is 0 Å². The molecule has 1 fully saturated rings. The second-order valence-corrected chi connectivity index (χ2v) is 6.71. The maximum Gasteiger partial charge on any atom is 0.137 e. The molecule has 0 unspecified atom stereocenters. The van der Waals surface area contributed by atoms with Crippen LogP contribution in [0.5, 0.6) is 0 Å². The highest BCUT2D eigenvalue weighted by Crippen LogP contribution is 2.38. The van der Waals surface area contributed by atoms with Gasteiger partial charge in [0, 0.05) is 25.2 Å². The Labute approximate surface area is 123 Å². The molecule has 1 saturated carbocycles. The Morgan fingerprint density at radius 2 is 1.95 bits per heavy atom. The van der Waals surface area contributed by atoms with Crippen molar-refractivity contribution in [2.45, 2.75) is 59.4 Å². The van der Waals surface area contributed by atoms with Crippen molar-refractivity contribution >= 4 is 11.6 Å². The fourth-order valence-electron chi connectivity index (χ4n) is 3.09. The minimum Gasteiger partial charge on any atom is -0.370 e. The van der Waals surface area contributed by atoms with E-state index in [0.29, 0.717) is 11.5 Å². The van der Waals surface area contributed by atoms with Gasteiger partial charge in [-0.25, -0.2) is 9.97 Å². The second kappa shape index (κ2) is 5.98. The smallest absolute Gasteiger partial charge is 0.137 e. The van der Waals surface area contributed by atoms with E-state index in [1.165, 1.54) is 25.7 Å². The molecule has 20 heavy (non-hydrogen) atoms. The van der Waals surface area contributed by atoms with Crippen LogP contribution in [-0.4, -0.2) is 29.6 Å². The van der Waals surface area contributed by atoms with Crippen molar-refractivity contribution in [2.75, 3.05) is 23.8 Å². The van der Waals surface area contributed by atoms with E-state index in [9.17, 15) is 0 Å². The summed E-state index contributed by atoms with van der Waals surface area (Å²) < 4.78 is 0. The minimum absolute atomic E-state index is 0.507. The van der Waals surface area contributed by atoms with Crippen LogP contribution >= 0.6 is 0 Å². The average Bonchev–Trinajstić information content (AvgIpc) is 2.41. The van der Waals surface area contributed by atoms with Crippen molar-refractivity contribution in [2.24, 2.45) is 5.41 Å². The summed E-state index contributed by atoms with van der Waals surface area (Å²) in [5.74, 6) is 2.03. The maximum absolute atomic E-state index is 4.51. The normalized spacial score (nSPS) is 18.9. The van der Waals surface area contributed by atoms with Gasteiger partial charge in [0.1, 0.15) is 18.0 Å². The Morgan fingerprint density at radius 3 is 2.55 bits per heavy atom. The van der Waals surface area contributed by atoms with Crippen LogP contribution in [0.3, 0.4) is 0 Å². The topological polar surface area (TPSA) is 41.1 Å². The van der Waals surface area contributed by atoms with Crippen LogP contribution < -0.4 is 10.2 Å². The Morgan fingerprint density at radius 1 is 1.30 bits per heavy atom. The molecule has 0 bridgehead atoms. The van der Waals surface area contributed by atoms with E-state index in [1.807, 2.05) is 0 Å². The van der Waals surface area contributed by atoms with Gasteiger partial charge in [-0.1, -0.05) is 13.8 Å². The largest absolute Gasteiger partial charge is 0.370 e. The van der Waals surface area contributed by atoms with Gasteiger partial charge in [-0.2, -0.15) is 0 Å². The van der Waals surface area contributed by atoms with Crippen molar-refractivity contribution in [3.8, 4) is 0 Å². The molecule has 0 aromatic carbocycles. The number of hydrogen-bond acceptors (Lipinski definition) is 4. The molecule has 0 spiro atoms. The van der Waals surface area contributed by atoms with Gasteiger partial charge in [-0.15, -0.1) is 0 Å².